The molecule has 0 atom stereocenters. The molecule has 0 saturated heterocycles. The Morgan fingerprint density at radius 1 is 0.722 bits per heavy atom. The molecule has 2 aliphatic rings. The van der Waals surface area contributed by atoms with Gasteiger partial charge in [-0.2, -0.15) is 0 Å². The molecule has 2 nitrogen and oxygen atoms in total. The molecule has 0 aliphatic carbocycles. The molecule has 0 spiro atoms. The summed E-state index contributed by atoms with van der Waals surface area (Å²) in [6.45, 7) is 4.27. The number of rotatable bonds is 0. The van der Waals surface area contributed by atoms with Gasteiger partial charge in [0, 0.05) is 0 Å². The molecule has 0 fully saturated rings. The standard InChI is InChI=1S/C14H10N2Se2/c1-7-15-9-3-6-12-14-10(16-8(2)18-12)4-5-11(17-7)13(9)14/h3-6H,1-2H3. The first-order valence-electron chi connectivity index (χ1n) is 5.78. The van der Waals surface area contributed by atoms with Crippen LogP contribution in [-0.4, -0.2) is 39.1 Å². The van der Waals surface area contributed by atoms with Crippen molar-refractivity contribution in [1.82, 2.24) is 0 Å². The number of hydrogen-bond donors (Lipinski definition) is 0. The van der Waals surface area contributed by atoms with Crippen molar-refractivity contribution in [3.8, 4) is 0 Å². The van der Waals surface area contributed by atoms with Crippen molar-refractivity contribution in [2.75, 3.05) is 0 Å². The van der Waals surface area contributed by atoms with Crippen LogP contribution < -0.4 is 8.92 Å². The Bertz CT molecular complexity index is 695. The van der Waals surface area contributed by atoms with Gasteiger partial charge in [0.05, 0.1) is 0 Å². The Morgan fingerprint density at radius 3 is 1.61 bits per heavy atom. The summed E-state index contributed by atoms with van der Waals surface area (Å²) in [7, 11) is 0. The van der Waals surface area contributed by atoms with Gasteiger partial charge in [-0.15, -0.1) is 0 Å². The third kappa shape index (κ3) is 1.47. The maximum absolute atomic E-state index is 4.73. The van der Waals surface area contributed by atoms with E-state index in [1.165, 1.54) is 28.9 Å². The van der Waals surface area contributed by atoms with Crippen LogP contribution in [0.15, 0.2) is 34.3 Å². The fourth-order valence-electron chi connectivity index (χ4n) is 2.46. The summed E-state index contributed by atoms with van der Waals surface area (Å²) in [5.74, 6) is 0. The molecular weight excluding hydrogens is 354 g/mol. The Kier molecular flexibility index (Phi) is 2.30. The molecule has 0 N–H and O–H groups in total. The third-order valence-corrected chi connectivity index (χ3v) is 7.08. The molecule has 0 saturated carbocycles. The molecule has 2 aromatic carbocycles. The predicted octanol–water partition coefficient (Wildman–Crippen LogP) is 1.63. The second-order valence-corrected chi connectivity index (χ2v) is 9.56. The van der Waals surface area contributed by atoms with Crippen LogP contribution in [0.25, 0.3) is 10.8 Å². The van der Waals surface area contributed by atoms with Gasteiger partial charge in [-0.3, -0.25) is 0 Å². The molecule has 2 heterocycles. The zero-order chi connectivity index (χ0) is 12.3. The summed E-state index contributed by atoms with van der Waals surface area (Å²) in [5.41, 5.74) is 2.28. The molecule has 2 aromatic rings. The second-order valence-electron chi connectivity index (χ2n) is 4.38. The van der Waals surface area contributed by atoms with Gasteiger partial charge in [-0.25, -0.2) is 0 Å². The van der Waals surface area contributed by atoms with Gasteiger partial charge in [0.15, 0.2) is 0 Å². The number of benzene rings is 2. The van der Waals surface area contributed by atoms with E-state index in [-0.39, 0.29) is 0 Å². The SMILES string of the molecule is CC1=Nc2ccc3c4c(ccc(c24)[Se]1)N=C(C)[Se]3. The first-order chi connectivity index (χ1) is 8.72. The minimum atomic E-state index is 0.382. The normalized spacial score (nSPS) is 16.6. The van der Waals surface area contributed by atoms with Crippen LogP contribution in [-0.2, 0) is 0 Å². The summed E-state index contributed by atoms with van der Waals surface area (Å²) < 4.78 is 5.46. The quantitative estimate of drug-likeness (QED) is 0.635. The molecule has 18 heavy (non-hydrogen) atoms. The van der Waals surface area contributed by atoms with Crippen LogP contribution in [0.3, 0.4) is 0 Å². The van der Waals surface area contributed by atoms with Gasteiger partial charge in [0.25, 0.3) is 0 Å². The predicted molar refractivity (Wildman–Crippen MR) is 80.3 cm³/mol. The average Bonchev–Trinajstić information content (AvgIpc) is 2.34. The molecule has 0 amide bonds. The van der Waals surface area contributed by atoms with Crippen LogP contribution in [0.4, 0.5) is 11.4 Å². The molecule has 0 bridgehead atoms. The Balaban J connectivity index is 2.20. The van der Waals surface area contributed by atoms with Crippen LogP contribution in [0.2, 0.25) is 0 Å². The molecule has 0 unspecified atom stereocenters. The van der Waals surface area contributed by atoms with Crippen LogP contribution in [0, 0.1) is 0 Å². The van der Waals surface area contributed by atoms with E-state index in [9.17, 15) is 0 Å². The number of aliphatic imine (C=N–C) groups is 2. The van der Waals surface area contributed by atoms with Gasteiger partial charge in [-0.1, -0.05) is 0 Å². The van der Waals surface area contributed by atoms with Gasteiger partial charge in [-0.05, 0) is 0 Å². The molecule has 88 valence electrons. The second kappa shape index (κ2) is 3.79. The maximum atomic E-state index is 4.73. The molecule has 0 aromatic heterocycles. The summed E-state index contributed by atoms with van der Waals surface area (Å²) in [4.78, 5) is 9.45. The molecule has 2 aliphatic heterocycles. The zero-order valence-corrected chi connectivity index (χ0v) is 13.4. The van der Waals surface area contributed by atoms with Crippen molar-refractivity contribution in [2.24, 2.45) is 9.98 Å². The molecular formula is C14H10N2Se2. The number of nitrogens with zero attached hydrogens (tertiary/aromatic N) is 2. The van der Waals surface area contributed by atoms with E-state index in [1.807, 2.05) is 0 Å². The summed E-state index contributed by atoms with van der Waals surface area (Å²) in [5, 5.41) is 2.74. The topological polar surface area (TPSA) is 24.7 Å². The third-order valence-electron chi connectivity index (χ3n) is 3.11. The van der Waals surface area contributed by atoms with E-state index >= 15 is 0 Å². The molecule has 4 heteroatoms. The van der Waals surface area contributed by atoms with E-state index in [0.717, 1.165) is 11.4 Å². The van der Waals surface area contributed by atoms with E-state index in [4.69, 9.17) is 9.98 Å². The Labute approximate surface area is 118 Å². The van der Waals surface area contributed by atoms with Crippen molar-refractivity contribution >= 4 is 70.2 Å². The summed E-state index contributed by atoms with van der Waals surface area (Å²) >= 11 is 0.765. The van der Waals surface area contributed by atoms with E-state index in [1.54, 1.807) is 0 Å². The van der Waals surface area contributed by atoms with Crippen molar-refractivity contribution in [3.05, 3.63) is 24.3 Å². The van der Waals surface area contributed by atoms with Crippen LogP contribution in [0.1, 0.15) is 13.8 Å². The Morgan fingerprint density at radius 2 is 1.17 bits per heavy atom. The van der Waals surface area contributed by atoms with Crippen LogP contribution >= 0.6 is 0 Å². The fraction of sp³-hybridized carbons (Fsp3) is 0.143. The van der Waals surface area contributed by atoms with Gasteiger partial charge in [0.1, 0.15) is 0 Å². The summed E-state index contributed by atoms with van der Waals surface area (Å²) in [6.07, 6.45) is 0. The average molecular weight is 364 g/mol. The van der Waals surface area contributed by atoms with Crippen molar-refractivity contribution < 1.29 is 0 Å². The van der Waals surface area contributed by atoms with E-state index in [0.29, 0.717) is 29.9 Å². The summed E-state index contributed by atoms with van der Waals surface area (Å²) in [6, 6.07) is 8.87. The van der Waals surface area contributed by atoms with Crippen molar-refractivity contribution in [2.45, 2.75) is 13.8 Å². The van der Waals surface area contributed by atoms with Gasteiger partial charge in [0.2, 0.25) is 0 Å². The van der Waals surface area contributed by atoms with Gasteiger partial charge >= 0.3 is 118 Å². The van der Waals surface area contributed by atoms with Crippen molar-refractivity contribution in [1.29, 1.82) is 0 Å². The van der Waals surface area contributed by atoms with Crippen molar-refractivity contribution in [3.63, 3.8) is 0 Å². The van der Waals surface area contributed by atoms with E-state index < -0.39 is 0 Å². The fourth-order valence-corrected chi connectivity index (χ4v) is 6.26. The minimum absolute atomic E-state index is 0.382. The first-order valence-corrected chi connectivity index (χ1v) is 9.21. The monoisotopic (exact) mass is 366 g/mol. The molecule has 0 radical (unpaired) electrons. The van der Waals surface area contributed by atoms with Gasteiger partial charge < -0.3 is 0 Å². The van der Waals surface area contributed by atoms with Crippen LogP contribution in [0.5, 0.6) is 0 Å². The molecule has 4 rings (SSSR count). The number of hydrogen-bond acceptors (Lipinski definition) is 2. The first kappa shape index (κ1) is 11.0. The Hall–Kier alpha value is -0.921. The van der Waals surface area contributed by atoms with E-state index in [2.05, 4.69) is 38.1 Å². The zero-order valence-electron chi connectivity index (χ0n) is 10.0.